The van der Waals surface area contributed by atoms with Gasteiger partial charge < -0.3 is 15.8 Å². The molecule has 1 saturated carbocycles. The number of nitrogens with one attached hydrogen (secondary N) is 1. The highest BCUT2D eigenvalue weighted by Crippen LogP contribution is 2.32. The fourth-order valence-electron chi connectivity index (χ4n) is 3.13. The minimum absolute atomic E-state index is 0. The second-order valence-corrected chi connectivity index (χ2v) is 6.08. The van der Waals surface area contributed by atoms with Crippen molar-refractivity contribution in [1.82, 2.24) is 0 Å². The van der Waals surface area contributed by atoms with E-state index in [1.54, 1.807) is 25.3 Å². The molecule has 124 valence electrons. The summed E-state index contributed by atoms with van der Waals surface area (Å²) in [4.78, 5) is 12.2. The van der Waals surface area contributed by atoms with E-state index >= 15 is 0 Å². The first kappa shape index (κ1) is 18.6. The van der Waals surface area contributed by atoms with Crippen LogP contribution in [0.15, 0.2) is 18.2 Å². The third kappa shape index (κ3) is 5.09. The molecule has 0 spiro atoms. The molecule has 1 atom stereocenters. The summed E-state index contributed by atoms with van der Waals surface area (Å²) < 4.78 is 5.16. The van der Waals surface area contributed by atoms with Crippen molar-refractivity contribution in [2.45, 2.75) is 45.4 Å². The zero-order chi connectivity index (χ0) is 15.2. The number of amides is 1. The second kappa shape index (κ2) is 8.89. The number of hydrogen-bond acceptors (Lipinski definition) is 3. The van der Waals surface area contributed by atoms with Crippen molar-refractivity contribution in [3.05, 3.63) is 18.2 Å². The molecule has 1 aliphatic rings. The molecule has 1 fully saturated rings. The molecule has 1 aromatic carbocycles. The number of methoxy groups -OCH3 is 1. The van der Waals surface area contributed by atoms with E-state index in [1.165, 1.54) is 32.1 Å². The third-order valence-corrected chi connectivity index (χ3v) is 4.50. The maximum absolute atomic E-state index is 12.2. The number of benzene rings is 1. The molecule has 0 saturated heterocycles. The van der Waals surface area contributed by atoms with Gasteiger partial charge in [-0.15, -0.1) is 12.4 Å². The first-order valence-electron chi connectivity index (χ1n) is 7.83. The molecule has 5 heteroatoms. The Morgan fingerprint density at radius 3 is 2.68 bits per heavy atom. The average molecular weight is 327 g/mol. The van der Waals surface area contributed by atoms with Crippen LogP contribution in [0.4, 0.5) is 11.4 Å². The second-order valence-electron chi connectivity index (χ2n) is 6.08. The molecule has 4 nitrogen and oxygen atoms in total. The lowest BCUT2D eigenvalue weighted by Crippen LogP contribution is -2.22. The predicted molar refractivity (Wildman–Crippen MR) is 93.6 cm³/mol. The van der Waals surface area contributed by atoms with E-state index in [2.05, 4.69) is 12.2 Å². The third-order valence-electron chi connectivity index (χ3n) is 4.50. The Morgan fingerprint density at radius 1 is 1.36 bits per heavy atom. The minimum Gasteiger partial charge on any atom is -0.497 e. The Balaban J connectivity index is 0.00000242. The van der Waals surface area contributed by atoms with E-state index in [4.69, 9.17) is 10.5 Å². The van der Waals surface area contributed by atoms with Crippen molar-refractivity contribution < 1.29 is 9.53 Å². The molecule has 0 bridgehead atoms. The lowest BCUT2D eigenvalue weighted by molar-refractivity contribution is -0.117. The summed E-state index contributed by atoms with van der Waals surface area (Å²) in [6, 6.07) is 5.30. The Hall–Kier alpha value is -1.42. The van der Waals surface area contributed by atoms with Gasteiger partial charge in [0.1, 0.15) is 5.75 Å². The number of nitrogens with two attached hydrogens (primary N) is 1. The van der Waals surface area contributed by atoms with Gasteiger partial charge in [0.15, 0.2) is 0 Å². The molecular formula is C17H27ClN2O2. The highest BCUT2D eigenvalue weighted by atomic mass is 35.5. The number of ether oxygens (including phenoxy) is 1. The lowest BCUT2D eigenvalue weighted by atomic mass is 9.79. The number of hydrogen-bond donors (Lipinski definition) is 2. The normalized spacial score (nSPS) is 16.5. The SMILES string of the molecule is COc1ccc(N)c(NC(=O)CC(C)C2CCCCC2)c1.Cl. The summed E-state index contributed by atoms with van der Waals surface area (Å²) in [7, 11) is 1.60. The smallest absolute Gasteiger partial charge is 0.224 e. The Kier molecular flexibility index (Phi) is 7.52. The van der Waals surface area contributed by atoms with Gasteiger partial charge in [0.25, 0.3) is 0 Å². The molecule has 2 rings (SSSR count). The Morgan fingerprint density at radius 2 is 2.05 bits per heavy atom. The van der Waals surface area contributed by atoms with Crippen LogP contribution in [-0.2, 0) is 4.79 Å². The van der Waals surface area contributed by atoms with Crippen LogP contribution in [-0.4, -0.2) is 13.0 Å². The van der Waals surface area contributed by atoms with E-state index in [-0.39, 0.29) is 18.3 Å². The standard InChI is InChI=1S/C17H26N2O2.ClH/c1-12(13-6-4-3-5-7-13)10-17(20)19-16-11-14(21-2)8-9-15(16)18;/h8-9,11-13H,3-7,10,18H2,1-2H3,(H,19,20);1H. The van der Waals surface area contributed by atoms with Crippen molar-refractivity contribution in [2.75, 3.05) is 18.2 Å². The number of anilines is 2. The van der Waals surface area contributed by atoms with Gasteiger partial charge in [0, 0.05) is 12.5 Å². The molecule has 0 heterocycles. The van der Waals surface area contributed by atoms with E-state index in [9.17, 15) is 4.79 Å². The number of halogens is 1. The van der Waals surface area contributed by atoms with E-state index in [1.807, 2.05) is 0 Å². The van der Waals surface area contributed by atoms with Gasteiger partial charge in [-0.3, -0.25) is 4.79 Å². The summed E-state index contributed by atoms with van der Waals surface area (Å²) in [6.45, 7) is 2.19. The molecule has 1 aliphatic carbocycles. The quantitative estimate of drug-likeness (QED) is 0.795. The monoisotopic (exact) mass is 326 g/mol. The largest absolute Gasteiger partial charge is 0.497 e. The van der Waals surface area contributed by atoms with Gasteiger partial charge in [-0.25, -0.2) is 0 Å². The molecule has 3 N–H and O–H groups in total. The molecule has 0 radical (unpaired) electrons. The molecular weight excluding hydrogens is 300 g/mol. The van der Waals surface area contributed by atoms with Gasteiger partial charge in [0.2, 0.25) is 5.91 Å². The zero-order valence-corrected chi connectivity index (χ0v) is 14.2. The lowest BCUT2D eigenvalue weighted by Gasteiger charge is -2.27. The van der Waals surface area contributed by atoms with Gasteiger partial charge >= 0.3 is 0 Å². The summed E-state index contributed by atoms with van der Waals surface area (Å²) in [5, 5.41) is 2.91. The summed E-state index contributed by atoms with van der Waals surface area (Å²) in [6.07, 6.45) is 7.03. The number of rotatable bonds is 5. The highest BCUT2D eigenvalue weighted by molar-refractivity contribution is 5.94. The summed E-state index contributed by atoms with van der Waals surface area (Å²) in [5.74, 6) is 1.84. The van der Waals surface area contributed by atoms with Crippen LogP contribution in [0.3, 0.4) is 0 Å². The molecule has 22 heavy (non-hydrogen) atoms. The number of carbonyl (C=O) groups is 1. The van der Waals surface area contributed by atoms with Gasteiger partial charge in [-0.2, -0.15) is 0 Å². The van der Waals surface area contributed by atoms with Gasteiger partial charge in [-0.1, -0.05) is 39.0 Å². The molecule has 1 unspecified atom stereocenters. The van der Waals surface area contributed by atoms with Crippen molar-refractivity contribution in [3.63, 3.8) is 0 Å². The highest BCUT2D eigenvalue weighted by Gasteiger charge is 2.22. The van der Waals surface area contributed by atoms with E-state index < -0.39 is 0 Å². The Bertz CT molecular complexity index is 488. The van der Waals surface area contributed by atoms with Crippen molar-refractivity contribution in [3.8, 4) is 5.75 Å². The van der Waals surface area contributed by atoms with Crippen LogP contribution in [0.1, 0.15) is 45.4 Å². The van der Waals surface area contributed by atoms with Crippen LogP contribution >= 0.6 is 12.4 Å². The van der Waals surface area contributed by atoms with Crippen LogP contribution in [0, 0.1) is 11.8 Å². The molecule has 1 amide bonds. The van der Waals surface area contributed by atoms with E-state index in [0.29, 0.717) is 35.4 Å². The fraction of sp³-hybridized carbons (Fsp3) is 0.588. The number of carbonyl (C=O) groups excluding carboxylic acids is 1. The predicted octanol–water partition coefficient (Wildman–Crippen LogP) is 4.24. The summed E-state index contributed by atoms with van der Waals surface area (Å²) in [5.41, 5.74) is 7.09. The zero-order valence-electron chi connectivity index (χ0n) is 13.4. The number of nitrogen functional groups attached to an aromatic ring is 1. The minimum atomic E-state index is 0. The first-order valence-corrected chi connectivity index (χ1v) is 7.83. The van der Waals surface area contributed by atoms with Crippen LogP contribution in [0.5, 0.6) is 5.75 Å². The maximum Gasteiger partial charge on any atom is 0.224 e. The fourth-order valence-corrected chi connectivity index (χ4v) is 3.13. The van der Waals surface area contributed by atoms with Crippen LogP contribution in [0.2, 0.25) is 0 Å². The van der Waals surface area contributed by atoms with Gasteiger partial charge in [-0.05, 0) is 24.0 Å². The molecule has 0 aromatic heterocycles. The van der Waals surface area contributed by atoms with Crippen molar-refractivity contribution in [2.24, 2.45) is 11.8 Å². The molecule has 1 aromatic rings. The van der Waals surface area contributed by atoms with Crippen molar-refractivity contribution in [1.29, 1.82) is 0 Å². The molecule has 0 aliphatic heterocycles. The van der Waals surface area contributed by atoms with Crippen LogP contribution < -0.4 is 15.8 Å². The average Bonchev–Trinajstić information content (AvgIpc) is 2.50. The van der Waals surface area contributed by atoms with Crippen LogP contribution in [0.25, 0.3) is 0 Å². The van der Waals surface area contributed by atoms with Crippen molar-refractivity contribution >= 4 is 29.7 Å². The van der Waals surface area contributed by atoms with E-state index in [0.717, 1.165) is 0 Å². The Labute approximate surface area is 139 Å². The topological polar surface area (TPSA) is 64.3 Å². The van der Waals surface area contributed by atoms with Gasteiger partial charge in [0.05, 0.1) is 18.5 Å². The first-order chi connectivity index (χ1) is 10.1. The summed E-state index contributed by atoms with van der Waals surface area (Å²) >= 11 is 0. The maximum atomic E-state index is 12.2.